The molecule has 1 amide bonds. The maximum atomic E-state index is 16.3. The Morgan fingerprint density at radius 3 is 2.59 bits per heavy atom. The maximum Gasteiger partial charge on any atom is 0.259 e. The topological polar surface area (TPSA) is 94.1 Å². The maximum absolute atomic E-state index is 16.3. The molecule has 11 heteroatoms. The number of ether oxygens (including phenoxy) is 1. The molecule has 250 valence electrons. The van der Waals surface area contributed by atoms with E-state index in [1.807, 2.05) is 6.20 Å². The molecule has 10 unspecified atom stereocenters. The largest absolute Gasteiger partial charge is 0.369 e. The van der Waals surface area contributed by atoms with E-state index in [9.17, 15) is 9.59 Å². The van der Waals surface area contributed by atoms with Crippen LogP contribution < -0.4 is 10.2 Å². The van der Waals surface area contributed by atoms with Crippen LogP contribution in [0.4, 0.5) is 10.3 Å². The van der Waals surface area contributed by atoms with E-state index in [-0.39, 0.29) is 41.9 Å². The van der Waals surface area contributed by atoms with Crippen molar-refractivity contribution in [2.24, 2.45) is 17.8 Å². The smallest absolute Gasteiger partial charge is 0.259 e. The molecular weight excluding hydrogens is 585 g/mol. The highest BCUT2D eigenvalue weighted by Gasteiger charge is 2.60. The van der Waals surface area contributed by atoms with Crippen molar-refractivity contribution >= 4 is 17.6 Å². The van der Waals surface area contributed by atoms with Crippen LogP contribution in [0, 0.1) is 17.8 Å². The fraction of sp³-hybridized carbons (Fsp3) is 0.771. The Labute approximate surface area is 272 Å². The number of nitrogens with one attached hydrogen (secondary N) is 1. The van der Waals surface area contributed by atoms with Gasteiger partial charge in [-0.3, -0.25) is 9.59 Å². The van der Waals surface area contributed by atoms with Gasteiger partial charge in [0, 0.05) is 56.7 Å². The molecule has 8 rings (SSSR count). The Morgan fingerprint density at radius 1 is 1.00 bits per heavy atom. The van der Waals surface area contributed by atoms with Gasteiger partial charge in [0.1, 0.15) is 6.17 Å². The molecule has 1 aromatic heterocycles. The van der Waals surface area contributed by atoms with Crippen molar-refractivity contribution in [2.75, 3.05) is 51.2 Å². The predicted octanol–water partition coefficient (Wildman–Crippen LogP) is 2.80. The molecular formula is C35H50FN7O3. The number of halogens is 1. The molecule has 4 aliphatic heterocycles. The number of nitrogens with zero attached hydrogens (tertiary/aromatic N) is 6. The first-order valence-electron chi connectivity index (χ1n) is 18.1. The number of hydrogen-bond acceptors (Lipinski definition) is 9. The molecule has 6 fully saturated rings. The van der Waals surface area contributed by atoms with Crippen LogP contribution in [0.15, 0.2) is 30.2 Å². The van der Waals surface area contributed by atoms with E-state index >= 15 is 4.39 Å². The lowest BCUT2D eigenvalue weighted by Crippen LogP contribution is -2.74. The lowest BCUT2D eigenvalue weighted by atomic mass is 9.63. The van der Waals surface area contributed by atoms with Crippen molar-refractivity contribution in [1.82, 2.24) is 30.0 Å². The third-order valence-corrected chi connectivity index (χ3v) is 12.6. The van der Waals surface area contributed by atoms with Crippen molar-refractivity contribution in [3.8, 4) is 0 Å². The molecule has 7 aliphatic rings. The van der Waals surface area contributed by atoms with Crippen molar-refractivity contribution in [3.63, 3.8) is 0 Å². The summed E-state index contributed by atoms with van der Waals surface area (Å²) in [7, 11) is 2.18. The summed E-state index contributed by atoms with van der Waals surface area (Å²) in [5.41, 5.74) is 0.242. The van der Waals surface area contributed by atoms with Gasteiger partial charge in [0.05, 0.1) is 35.9 Å². The van der Waals surface area contributed by atoms with E-state index < -0.39 is 24.2 Å². The Bertz CT molecular complexity index is 1310. The Balaban J connectivity index is 1.06. The van der Waals surface area contributed by atoms with E-state index in [0.29, 0.717) is 50.0 Å². The van der Waals surface area contributed by atoms with Gasteiger partial charge in [-0.25, -0.2) is 14.4 Å². The third-order valence-electron chi connectivity index (χ3n) is 12.6. The number of piperazine rings is 1. The number of hydrogen-bond donors (Lipinski definition) is 1. The molecule has 10 nitrogen and oxygen atoms in total. The third kappa shape index (κ3) is 5.44. The second-order valence-electron chi connectivity index (χ2n) is 15.0. The normalized spacial score (nSPS) is 39.4. The number of fused-ring (bicyclic) bond motifs is 4. The lowest BCUT2D eigenvalue weighted by molar-refractivity contribution is -0.215. The number of alkyl halides is 1. The molecule has 3 saturated heterocycles. The first-order valence-corrected chi connectivity index (χ1v) is 18.1. The molecule has 1 N–H and O–H groups in total. The van der Waals surface area contributed by atoms with E-state index in [2.05, 4.69) is 37.0 Å². The van der Waals surface area contributed by atoms with Crippen molar-refractivity contribution in [2.45, 2.75) is 107 Å². The van der Waals surface area contributed by atoms with Crippen LogP contribution in [0.1, 0.15) is 64.2 Å². The van der Waals surface area contributed by atoms with Crippen LogP contribution in [0.3, 0.4) is 0 Å². The monoisotopic (exact) mass is 635 g/mol. The summed E-state index contributed by atoms with van der Waals surface area (Å²) in [4.78, 5) is 45.8. The summed E-state index contributed by atoms with van der Waals surface area (Å²) in [6.45, 7) is 4.06. The Hall–Kier alpha value is -2.63. The molecule has 3 aliphatic carbocycles. The first kappa shape index (κ1) is 30.7. The average Bonchev–Trinajstić information content (AvgIpc) is 3.51. The highest BCUT2D eigenvalue weighted by Crippen LogP contribution is 2.51. The molecule has 3 saturated carbocycles. The van der Waals surface area contributed by atoms with Crippen LogP contribution >= 0.6 is 0 Å². The Kier molecular flexibility index (Phi) is 8.52. The number of morpholine rings is 1. The average molecular weight is 636 g/mol. The van der Waals surface area contributed by atoms with Gasteiger partial charge in [-0.05, 0) is 83.0 Å². The standard InChI is InChI=1S/C35H50FN7O3/c1-40-15-4-7-23(40)11-14-37-29-27(36)20-25-31-33(29)46-28-10-9-22-6-2-3-8-24(22)30(28)43(31)21-26(32(25)44)34(45)41-16-18-42(19-17-41)35-38-12-5-13-39-35/h5,12-13,21-25,27-31,33,37H,2-4,6-11,14-20H2,1H3. The summed E-state index contributed by atoms with van der Waals surface area (Å²) in [5.74, 6) is 0.802. The molecule has 0 aromatic carbocycles. The van der Waals surface area contributed by atoms with Crippen LogP contribution in [-0.4, -0.2) is 125 Å². The number of carbonyl (C=O) groups is 2. The van der Waals surface area contributed by atoms with E-state index in [4.69, 9.17) is 4.74 Å². The lowest BCUT2D eigenvalue weighted by Gasteiger charge is -2.62. The first-order chi connectivity index (χ1) is 22.5. The zero-order valence-corrected chi connectivity index (χ0v) is 27.2. The summed E-state index contributed by atoms with van der Waals surface area (Å²) in [6.07, 6.45) is 14.3. The van der Waals surface area contributed by atoms with Crippen molar-refractivity contribution < 1.29 is 18.7 Å². The summed E-state index contributed by atoms with van der Waals surface area (Å²) < 4.78 is 23.3. The highest BCUT2D eigenvalue weighted by molar-refractivity contribution is 6.20. The molecule has 5 heterocycles. The van der Waals surface area contributed by atoms with E-state index in [1.54, 1.807) is 23.4 Å². The van der Waals surface area contributed by atoms with Gasteiger partial charge in [0.2, 0.25) is 5.95 Å². The van der Waals surface area contributed by atoms with Crippen LogP contribution in [0.25, 0.3) is 0 Å². The van der Waals surface area contributed by atoms with E-state index in [1.165, 1.54) is 32.1 Å². The minimum atomic E-state index is -1.20. The van der Waals surface area contributed by atoms with Gasteiger partial charge < -0.3 is 29.7 Å². The Morgan fingerprint density at radius 2 is 1.80 bits per heavy atom. The van der Waals surface area contributed by atoms with Crippen LogP contribution in [0.5, 0.6) is 0 Å². The van der Waals surface area contributed by atoms with Crippen LogP contribution in [-0.2, 0) is 14.3 Å². The molecule has 10 atom stereocenters. The number of aromatic nitrogens is 2. The van der Waals surface area contributed by atoms with Crippen LogP contribution in [0.2, 0.25) is 0 Å². The molecule has 0 radical (unpaired) electrons. The number of likely N-dealkylation sites (tertiary alicyclic amines) is 1. The molecule has 0 bridgehead atoms. The van der Waals surface area contributed by atoms with Crippen molar-refractivity contribution in [1.29, 1.82) is 0 Å². The van der Waals surface area contributed by atoms with Crippen molar-refractivity contribution in [3.05, 3.63) is 30.2 Å². The number of ketones is 1. The number of carbonyl (C=O) groups excluding carboxylic acids is 2. The number of anilines is 1. The predicted molar refractivity (Wildman–Crippen MR) is 172 cm³/mol. The zero-order valence-electron chi connectivity index (χ0n) is 27.2. The van der Waals surface area contributed by atoms with Gasteiger partial charge in [-0.1, -0.05) is 19.3 Å². The quantitative estimate of drug-likeness (QED) is 0.474. The van der Waals surface area contributed by atoms with Gasteiger partial charge in [-0.15, -0.1) is 0 Å². The summed E-state index contributed by atoms with van der Waals surface area (Å²) in [6, 6.07) is 1.77. The minimum Gasteiger partial charge on any atom is -0.369 e. The summed E-state index contributed by atoms with van der Waals surface area (Å²) >= 11 is 0. The number of rotatable bonds is 6. The van der Waals surface area contributed by atoms with Gasteiger partial charge in [-0.2, -0.15) is 0 Å². The fourth-order valence-electron chi connectivity index (χ4n) is 10.3. The molecule has 46 heavy (non-hydrogen) atoms. The second-order valence-corrected chi connectivity index (χ2v) is 15.0. The van der Waals surface area contributed by atoms with Gasteiger partial charge in [0.15, 0.2) is 5.78 Å². The fourth-order valence-corrected chi connectivity index (χ4v) is 10.3. The second kappa shape index (κ2) is 12.8. The minimum absolute atomic E-state index is 0.00737. The van der Waals surface area contributed by atoms with Gasteiger partial charge >= 0.3 is 0 Å². The van der Waals surface area contributed by atoms with Gasteiger partial charge in [0.25, 0.3) is 5.91 Å². The SMILES string of the molecule is CN1CCCC1CCNC1C(F)CC2C(=O)C(C(=O)N3CCN(c4ncccn4)CC3)=CN3C4C(CCC5CCCCC54)OC1C23. The molecule has 0 spiro atoms. The molecule has 1 aromatic rings. The highest BCUT2D eigenvalue weighted by atomic mass is 19.1. The number of amides is 1. The zero-order chi connectivity index (χ0) is 31.4. The van der Waals surface area contributed by atoms with E-state index in [0.717, 1.165) is 38.8 Å². The summed E-state index contributed by atoms with van der Waals surface area (Å²) in [5, 5.41) is 3.60. The number of Topliss-reactive ketones (excluding diaryl/α,β-unsaturated/α-hetero) is 1.